The van der Waals surface area contributed by atoms with Crippen LogP contribution in [0.2, 0.25) is 5.02 Å². The number of amides is 2. The lowest BCUT2D eigenvalue weighted by atomic mass is 9.99. The highest BCUT2D eigenvalue weighted by Crippen LogP contribution is 2.23. The fourth-order valence-corrected chi connectivity index (χ4v) is 2.84. The van der Waals surface area contributed by atoms with Crippen molar-refractivity contribution in [2.24, 2.45) is 5.92 Å². The first-order valence-electron chi connectivity index (χ1n) is 7.20. The summed E-state index contributed by atoms with van der Waals surface area (Å²) >= 11 is 6.25. The SMILES string of the molecule is Cc1ccc(CN2C(=O)CNC(=O)C2CC(C)C)c(Cl)c1. The number of benzene rings is 1. The maximum atomic E-state index is 12.2. The van der Waals surface area contributed by atoms with E-state index in [1.807, 2.05) is 39.0 Å². The van der Waals surface area contributed by atoms with Gasteiger partial charge in [0.15, 0.2) is 0 Å². The molecule has 0 bridgehead atoms. The molecule has 1 aromatic rings. The van der Waals surface area contributed by atoms with Crippen LogP contribution in [0.3, 0.4) is 0 Å². The van der Waals surface area contributed by atoms with Crippen LogP contribution in [0.15, 0.2) is 18.2 Å². The van der Waals surface area contributed by atoms with Crippen LogP contribution in [0, 0.1) is 12.8 Å². The van der Waals surface area contributed by atoms with Crippen LogP contribution in [0.1, 0.15) is 31.4 Å². The van der Waals surface area contributed by atoms with Gasteiger partial charge in [0.25, 0.3) is 0 Å². The van der Waals surface area contributed by atoms with Gasteiger partial charge in [0.2, 0.25) is 11.8 Å². The fourth-order valence-electron chi connectivity index (χ4n) is 2.54. The summed E-state index contributed by atoms with van der Waals surface area (Å²) in [5.41, 5.74) is 1.95. The third kappa shape index (κ3) is 3.76. The van der Waals surface area contributed by atoms with E-state index in [0.29, 0.717) is 23.9 Å². The van der Waals surface area contributed by atoms with Crippen molar-refractivity contribution in [3.8, 4) is 0 Å². The van der Waals surface area contributed by atoms with Crippen molar-refractivity contribution in [2.75, 3.05) is 6.54 Å². The van der Waals surface area contributed by atoms with Crippen LogP contribution in [-0.2, 0) is 16.1 Å². The number of carbonyl (C=O) groups is 2. The van der Waals surface area contributed by atoms with Gasteiger partial charge in [0, 0.05) is 11.6 Å². The molecule has 2 amide bonds. The first-order chi connectivity index (χ1) is 9.88. The van der Waals surface area contributed by atoms with Crippen LogP contribution in [-0.4, -0.2) is 29.3 Å². The summed E-state index contributed by atoms with van der Waals surface area (Å²) in [4.78, 5) is 25.9. The van der Waals surface area contributed by atoms with Crippen LogP contribution >= 0.6 is 11.6 Å². The number of nitrogens with zero attached hydrogens (tertiary/aromatic N) is 1. The largest absolute Gasteiger partial charge is 0.345 e. The number of hydrogen-bond donors (Lipinski definition) is 1. The van der Waals surface area contributed by atoms with Gasteiger partial charge in [0.05, 0.1) is 6.54 Å². The second-order valence-electron chi connectivity index (χ2n) is 5.98. The van der Waals surface area contributed by atoms with E-state index in [-0.39, 0.29) is 18.4 Å². The molecule has 1 aliphatic heterocycles. The zero-order valence-electron chi connectivity index (χ0n) is 12.6. The average molecular weight is 309 g/mol. The number of nitrogens with one attached hydrogen (secondary N) is 1. The number of hydrogen-bond acceptors (Lipinski definition) is 2. The monoisotopic (exact) mass is 308 g/mol. The molecule has 1 heterocycles. The molecule has 1 unspecified atom stereocenters. The van der Waals surface area contributed by atoms with Gasteiger partial charge >= 0.3 is 0 Å². The molecule has 1 aromatic carbocycles. The highest BCUT2D eigenvalue weighted by atomic mass is 35.5. The number of piperazine rings is 1. The fraction of sp³-hybridized carbons (Fsp3) is 0.500. The predicted molar refractivity (Wildman–Crippen MR) is 83.0 cm³/mol. The van der Waals surface area contributed by atoms with E-state index >= 15 is 0 Å². The Kier molecular flexibility index (Phi) is 4.88. The number of rotatable bonds is 4. The van der Waals surface area contributed by atoms with Crippen LogP contribution in [0.5, 0.6) is 0 Å². The van der Waals surface area contributed by atoms with Crippen LogP contribution < -0.4 is 5.32 Å². The minimum Gasteiger partial charge on any atom is -0.345 e. The first kappa shape index (κ1) is 15.8. The Bertz CT molecular complexity index is 557. The van der Waals surface area contributed by atoms with E-state index in [0.717, 1.165) is 11.1 Å². The molecule has 21 heavy (non-hydrogen) atoms. The van der Waals surface area contributed by atoms with Gasteiger partial charge < -0.3 is 10.2 Å². The minimum atomic E-state index is -0.413. The molecule has 0 radical (unpaired) electrons. The van der Waals surface area contributed by atoms with Crippen molar-refractivity contribution in [3.05, 3.63) is 34.3 Å². The summed E-state index contributed by atoms with van der Waals surface area (Å²) in [6.45, 7) is 6.50. The van der Waals surface area contributed by atoms with Gasteiger partial charge in [-0.1, -0.05) is 37.6 Å². The van der Waals surface area contributed by atoms with E-state index < -0.39 is 6.04 Å². The number of halogens is 1. The second kappa shape index (κ2) is 6.48. The van der Waals surface area contributed by atoms with Crippen molar-refractivity contribution in [2.45, 2.75) is 39.8 Å². The first-order valence-corrected chi connectivity index (χ1v) is 7.58. The lowest BCUT2D eigenvalue weighted by molar-refractivity contribution is -0.146. The summed E-state index contributed by atoms with van der Waals surface area (Å²) in [6.07, 6.45) is 0.654. The normalized spacial score (nSPS) is 19.1. The molecular formula is C16H21ClN2O2. The number of aryl methyl sites for hydroxylation is 1. The Morgan fingerprint density at radius 2 is 2.10 bits per heavy atom. The Morgan fingerprint density at radius 3 is 2.71 bits per heavy atom. The van der Waals surface area contributed by atoms with Crippen molar-refractivity contribution in [1.82, 2.24) is 10.2 Å². The topological polar surface area (TPSA) is 49.4 Å². The van der Waals surface area contributed by atoms with Gasteiger partial charge in [-0.05, 0) is 36.5 Å². The van der Waals surface area contributed by atoms with E-state index in [4.69, 9.17) is 11.6 Å². The number of carbonyl (C=O) groups excluding carboxylic acids is 2. The van der Waals surface area contributed by atoms with Crippen molar-refractivity contribution in [1.29, 1.82) is 0 Å². The average Bonchev–Trinajstić information content (AvgIpc) is 2.40. The zero-order chi connectivity index (χ0) is 15.6. The Labute approximate surface area is 130 Å². The summed E-state index contributed by atoms with van der Waals surface area (Å²) in [7, 11) is 0. The maximum Gasteiger partial charge on any atom is 0.243 e. The summed E-state index contributed by atoms with van der Waals surface area (Å²) < 4.78 is 0. The molecule has 1 saturated heterocycles. The van der Waals surface area contributed by atoms with Crippen LogP contribution in [0.4, 0.5) is 0 Å². The molecule has 5 heteroatoms. The Morgan fingerprint density at radius 1 is 1.38 bits per heavy atom. The molecule has 2 rings (SSSR count). The molecule has 1 fully saturated rings. The molecular weight excluding hydrogens is 288 g/mol. The van der Waals surface area contributed by atoms with Crippen molar-refractivity contribution >= 4 is 23.4 Å². The quantitative estimate of drug-likeness (QED) is 0.929. The second-order valence-corrected chi connectivity index (χ2v) is 6.39. The van der Waals surface area contributed by atoms with Crippen molar-refractivity contribution < 1.29 is 9.59 Å². The molecule has 4 nitrogen and oxygen atoms in total. The smallest absolute Gasteiger partial charge is 0.243 e. The van der Waals surface area contributed by atoms with E-state index in [1.165, 1.54) is 0 Å². The summed E-state index contributed by atoms with van der Waals surface area (Å²) in [5, 5.41) is 3.30. The van der Waals surface area contributed by atoms with Gasteiger partial charge in [-0.2, -0.15) is 0 Å². The van der Waals surface area contributed by atoms with Crippen molar-refractivity contribution in [3.63, 3.8) is 0 Å². The lowest BCUT2D eigenvalue weighted by Crippen LogP contribution is -2.58. The van der Waals surface area contributed by atoms with Gasteiger partial charge in [-0.3, -0.25) is 9.59 Å². The standard InChI is InChI=1S/C16H21ClN2O2/c1-10(2)6-14-16(21)18-8-15(20)19(14)9-12-5-4-11(3)7-13(12)17/h4-5,7,10,14H,6,8-9H2,1-3H3,(H,18,21). The Hall–Kier alpha value is -1.55. The molecule has 1 N–H and O–H groups in total. The van der Waals surface area contributed by atoms with Crippen LogP contribution in [0.25, 0.3) is 0 Å². The third-order valence-electron chi connectivity index (χ3n) is 3.66. The predicted octanol–water partition coefficient (Wildman–Crippen LogP) is 2.52. The molecule has 1 atom stereocenters. The summed E-state index contributed by atoms with van der Waals surface area (Å²) in [5.74, 6) is 0.200. The molecule has 114 valence electrons. The molecule has 0 spiro atoms. The highest BCUT2D eigenvalue weighted by molar-refractivity contribution is 6.31. The summed E-state index contributed by atoms with van der Waals surface area (Å²) in [6, 6.07) is 5.35. The third-order valence-corrected chi connectivity index (χ3v) is 4.01. The van der Waals surface area contributed by atoms with E-state index in [1.54, 1.807) is 4.90 Å². The highest BCUT2D eigenvalue weighted by Gasteiger charge is 2.34. The maximum absolute atomic E-state index is 12.2. The minimum absolute atomic E-state index is 0.0584. The molecule has 1 aliphatic rings. The Balaban J connectivity index is 2.24. The van der Waals surface area contributed by atoms with Gasteiger partial charge in [-0.15, -0.1) is 0 Å². The van der Waals surface area contributed by atoms with E-state index in [2.05, 4.69) is 5.32 Å². The molecule has 0 aliphatic carbocycles. The van der Waals surface area contributed by atoms with E-state index in [9.17, 15) is 9.59 Å². The molecule has 0 saturated carbocycles. The molecule has 0 aromatic heterocycles. The van der Waals surface area contributed by atoms with Gasteiger partial charge in [-0.25, -0.2) is 0 Å². The lowest BCUT2D eigenvalue weighted by Gasteiger charge is -2.36. The van der Waals surface area contributed by atoms with Gasteiger partial charge in [0.1, 0.15) is 6.04 Å². The zero-order valence-corrected chi connectivity index (χ0v) is 13.4.